The molecule has 10 nitrogen and oxygen atoms in total. The Hall–Kier alpha value is -2.77. The molecule has 4 rings (SSSR count). The third-order valence-electron chi connectivity index (χ3n) is 4.96. The number of ether oxygens (including phenoxy) is 1. The van der Waals surface area contributed by atoms with E-state index in [1.165, 1.54) is 30.3 Å². The number of hydrogen-bond donors (Lipinski definition) is 3. The van der Waals surface area contributed by atoms with Gasteiger partial charge in [0.2, 0.25) is 5.13 Å². The number of halogens is 2. The molecule has 2 aromatic carbocycles. The minimum Gasteiger partial charge on any atom is -0.376 e. The molecule has 1 aromatic heterocycles. The summed E-state index contributed by atoms with van der Waals surface area (Å²) in [7, 11) is -4.20. The number of sulfonamides is 1. The van der Waals surface area contributed by atoms with Crippen molar-refractivity contribution in [1.82, 2.24) is 15.5 Å². The monoisotopic (exact) mass is 555 g/mol. The van der Waals surface area contributed by atoms with Crippen molar-refractivity contribution in [3.8, 4) is 0 Å². The number of carbonyl (C=O) groups is 2. The quantitative estimate of drug-likeness (QED) is 0.359. The van der Waals surface area contributed by atoms with Crippen LogP contribution in [-0.2, 0) is 14.8 Å². The van der Waals surface area contributed by atoms with Crippen LogP contribution >= 0.6 is 34.5 Å². The van der Waals surface area contributed by atoms with E-state index in [1.807, 2.05) is 0 Å². The van der Waals surface area contributed by atoms with Gasteiger partial charge in [-0.15, -0.1) is 10.2 Å². The molecule has 1 fully saturated rings. The number of anilines is 2. The lowest BCUT2D eigenvalue weighted by Gasteiger charge is -2.13. The second kappa shape index (κ2) is 10.9. The van der Waals surface area contributed by atoms with E-state index in [2.05, 4.69) is 25.6 Å². The van der Waals surface area contributed by atoms with Crippen molar-refractivity contribution >= 4 is 67.2 Å². The van der Waals surface area contributed by atoms with Gasteiger partial charge in [0.1, 0.15) is 0 Å². The third kappa shape index (κ3) is 6.27. The molecule has 3 N–H and O–H groups in total. The molecule has 1 saturated heterocycles. The first-order chi connectivity index (χ1) is 16.7. The van der Waals surface area contributed by atoms with Crippen molar-refractivity contribution in [1.29, 1.82) is 0 Å². The molecule has 3 aromatic rings. The molecule has 0 bridgehead atoms. The first-order valence-corrected chi connectivity index (χ1v) is 13.4. The van der Waals surface area contributed by atoms with E-state index in [-0.39, 0.29) is 33.1 Å². The molecule has 0 unspecified atom stereocenters. The summed E-state index contributed by atoms with van der Waals surface area (Å²) in [6.07, 6.45) is 1.74. The molecule has 0 saturated carbocycles. The van der Waals surface area contributed by atoms with Crippen LogP contribution in [0.15, 0.2) is 46.8 Å². The van der Waals surface area contributed by atoms with Gasteiger partial charge in [-0.3, -0.25) is 19.6 Å². The second-order valence-electron chi connectivity index (χ2n) is 7.45. The molecule has 184 valence electrons. The number of nitrogens with zero attached hydrogens (tertiary/aromatic N) is 2. The highest BCUT2D eigenvalue weighted by atomic mass is 35.5. The number of rotatable bonds is 8. The van der Waals surface area contributed by atoms with E-state index in [9.17, 15) is 18.0 Å². The lowest BCUT2D eigenvalue weighted by molar-refractivity contribution is 0.0858. The van der Waals surface area contributed by atoms with E-state index >= 15 is 0 Å². The number of amides is 2. The molecule has 0 radical (unpaired) electrons. The van der Waals surface area contributed by atoms with Crippen LogP contribution in [0, 0.1) is 0 Å². The number of hydrogen-bond acceptors (Lipinski definition) is 8. The lowest BCUT2D eigenvalue weighted by Crippen LogP contribution is -2.32. The highest BCUT2D eigenvalue weighted by Gasteiger charge is 2.24. The molecule has 35 heavy (non-hydrogen) atoms. The van der Waals surface area contributed by atoms with Crippen LogP contribution in [-0.4, -0.2) is 49.7 Å². The van der Waals surface area contributed by atoms with Gasteiger partial charge in [-0.05, 0) is 43.2 Å². The summed E-state index contributed by atoms with van der Waals surface area (Å²) in [5.41, 5.74) is 0.354. The highest BCUT2D eigenvalue weighted by Crippen LogP contribution is 2.26. The summed E-state index contributed by atoms with van der Waals surface area (Å²) in [5.74, 6) is -1.04. The summed E-state index contributed by atoms with van der Waals surface area (Å²) in [6.45, 7) is 0.991. The predicted molar refractivity (Wildman–Crippen MR) is 133 cm³/mol. The molecular weight excluding hydrogens is 537 g/mol. The zero-order valence-corrected chi connectivity index (χ0v) is 21.1. The van der Waals surface area contributed by atoms with E-state index in [0.29, 0.717) is 29.5 Å². The van der Waals surface area contributed by atoms with Crippen molar-refractivity contribution < 1.29 is 22.7 Å². The summed E-state index contributed by atoms with van der Waals surface area (Å²) in [6, 6.07) is 10.5. The molecular formula is C21H19Cl2N5O5S2. The number of aromatic nitrogens is 2. The van der Waals surface area contributed by atoms with Crippen LogP contribution < -0.4 is 15.4 Å². The van der Waals surface area contributed by atoms with Gasteiger partial charge < -0.3 is 10.1 Å². The van der Waals surface area contributed by atoms with Crippen molar-refractivity contribution in [2.75, 3.05) is 23.2 Å². The SMILES string of the molecule is O=C(Nc1nnc(S(=O)(=O)Nc2ccccc2C(=O)NC[C@@H]2CCCO2)s1)c1ccc(Cl)cc1Cl. The van der Waals surface area contributed by atoms with Gasteiger partial charge in [0.25, 0.3) is 26.2 Å². The smallest absolute Gasteiger partial charge is 0.291 e. The van der Waals surface area contributed by atoms with Crippen LogP contribution in [0.1, 0.15) is 33.6 Å². The summed E-state index contributed by atoms with van der Waals surface area (Å²) >= 11 is 12.5. The minimum atomic E-state index is -4.20. The van der Waals surface area contributed by atoms with Gasteiger partial charge in [-0.2, -0.15) is 8.42 Å². The topological polar surface area (TPSA) is 139 Å². The average molecular weight is 556 g/mol. The molecule has 2 amide bonds. The van der Waals surface area contributed by atoms with Gasteiger partial charge in [0.15, 0.2) is 0 Å². The lowest BCUT2D eigenvalue weighted by atomic mass is 10.1. The van der Waals surface area contributed by atoms with Gasteiger partial charge in [-0.25, -0.2) is 0 Å². The molecule has 14 heteroatoms. The first kappa shape index (κ1) is 25.3. The fraction of sp³-hybridized carbons (Fsp3) is 0.238. The fourth-order valence-corrected chi connectivity index (χ4v) is 5.74. The number of carbonyl (C=O) groups excluding carboxylic acids is 2. The average Bonchev–Trinajstić information content (AvgIpc) is 3.50. The Kier molecular flexibility index (Phi) is 7.87. The Labute approximate surface area is 215 Å². The molecule has 2 heterocycles. The van der Waals surface area contributed by atoms with Gasteiger partial charge in [0, 0.05) is 18.2 Å². The van der Waals surface area contributed by atoms with Gasteiger partial charge in [0.05, 0.1) is 27.9 Å². The summed E-state index contributed by atoms with van der Waals surface area (Å²) in [4.78, 5) is 25.1. The Balaban J connectivity index is 1.45. The van der Waals surface area contributed by atoms with Crippen LogP contribution in [0.25, 0.3) is 0 Å². The summed E-state index contributed by atoms with van der Waals surface area (Å²) in [5, 5.41) is 13.0. The van der Waals surface area contributed by atoms with Crippen LogP contribution in [0.3, 0.4) is 0 Å². The first-order valence-electron chi connectivity index (χ1n) is 10.3. The van der Waals surface area contributed by atoms with Crippen molar-refractivity contribution in [3.05, 3.63) is 63.6 Å². The van der Waals surface area contributed by atoms with E-state index < -0.39 is 26.2 Å². The molecule has 0 spiro atoms. The van der Waals surface area contributed by atoms with Crippen molar-refractivity contribution in [2.24, 2.45) is 0 Å². The molecule has 1 atom stereocenters. The Morgan fingerprint density at radius 3 is 2.63 bits per heavy atom. The maximum Gasteiger partial charge on any atom is 0.291 e. The van der Waals surface area contributed by atoms with Crippen LogP contribution in [0.4, 0.5) is 10.8 Å². The zero-order chi connectivity index (χ0) is 25.0. The van der Waals surface area contributed by atoms with E-state index in [1.54, 1.807) is 12.1 Å². The van der Waals surface area contributed by atoms with Crippen LogP contribution in [0.2, 0.25) is 10.0 Å². The fourth-order valence-electron chi connectivity index (χ4n) is 3.27. The molecule has 1 aliphatic rings. The number of benzene rings is 2. The third-order valence-corrected chi connectivity index (χ3v) is 8.08. The number of nitrogens with one attached hydrogen (secondary N) is 3. The second-order valence-corrected chi connectivity index (χ2v) is 11.1. The van der Waals surface area contributed by atoms with Gasteiger partial charge >= 0.3 is 0 Å². The molecule has 0 aliphatic carbocycles. The van der Waals surface area contributed by atoms with Crippen molar-refractivity contribution in [3.63, 3.8) is 0 Å². The zero-order valence-electron chi connectivity index (χ0n) is 18.0. The Morgan fingerprint density at radius 2 is 1.89 bits per heavy atom. The Bertz CT molecular complexity index is 1360. The van der Waals surface area contributed by atoms with Crippen LogP contribution in [0.5, 0.6) is 0 Å². The van der Waals surface area contributed by atoms with E-state index in [0.717, 1.165) is 12.8 Å². The largest absolute Gasteiger partial charge is 0.376 e. The number of para-hydroxylation sites is 1. The van der Waals surface area contributed by atoms with E-state index in [4.69, 9.17) is 27.9 Å². The molecule has 1 aliphatic heterocycles. The maximum absolute atomic E-state index is 12.9. The van der Waals surface area contributed by atoms with Crippen molar-refractivity contribution in [2.45, 2.75) is 23.3 Å². The predicted octanol–water partition coefficient (Wildman–Crippen LogP) is 3.81. The highest BCUT2D eigenvalue weighted by molar-refractivity contribution is 7.94. The Morgan fingerprint density at radius 1 is 1.09 bits per heavy atom. The van der Waals surface area contributed by atoms with Gasteiger partial charge in [-0.1, -0.05) is 46.7 Å². The maximum atomic E-state index is 12.9. The summed E-state index contributed by atoms with van der Waals surface area (Å²) < 4.78 is 33.3. The normalized spacial score (nSPS) is 15.5. The standard InChI is InChI=1S/C21H19Cl2N5O5S2/c22-12-7-8-14(16(23)10-12)19(30)25-20-26-27-21(34-20)35(31,32)28-17-6-2-1-5-15(17)18(29)24-11-13-4-3-9-33-13/h1-2,5-8,10,13,28H,3-4,9,11H2,(H,24,29)(H,25,26,30)/t13-/m0/s1. The minimum absolute atomic E-state index is 0.0519.